The van der Waals surface area contributed by atoms with Crippen LogP contribution in [0, 0.1) is 11.3 Å². The van der Waals surface area contributed by atoms with E-state index in [1.807, 2.05) is 6.07 Å². The fourth-order valence-electron chi connectivity index (χ4n) is 1.29. The van der Waals surface area contributed by atoms with Crippen LogP contribution in [0.1, 0.15) is 12.8 Å². The van der Waals surface area contributed by atoms with Gasteiger partial charge in [0.1, 0.15) is 6.42 Å². The van der Waals surface area contributed by atoms with Gasteiger partial charge >= 0.3 is 0 Å². The first-order valence-electron chi connectivity index (χ1n) is 4.11. The molecule has 1 atom stereocenters. The van der Waals surface area contributed by atoms with Crippen molar-refractivity contribution in [2.24, 2.45) is 0 Å². The molecule has 0 radical (unpaired) electrons. The number of carbonyl (C=O) groups excluding carboxylic acids is 1. The van der Waals surface area contributed by atoms with Gasteiger partial charge in [-0.25, -0.2) is 0 Å². The Kier molecular flexibility index (Phi) is 3.72. The van der Waals surface area contributed by atoms with Crippen LogP contribution in [0.2, 0.25) is 0 Å². The number of piperidine rings is 1. The number of nitriles is 1. The predicted molar refractivity (Wildman–Crippen MR) is 58.4 cm³/mol. The van der Waals surface area contributed by atoms with Gasteiger partial charge in [0, 0.05) is 17.0 Å². The molecule has 0 saturated carbocycles. The maximum Gasteiger partial charge on any atom is 0.237 e. The largest absolute Gasteiger partial charge is 0.338 e. The quantitative estimate of drug-likeness (QED) is 0.417. The van der Waals surface area contributed by atoms with Gasteiger partial charge in [0.25, 0.3) is 0 Å². The van der Waals surface area contributed by atoms with Gasteiger partial charge in [-0.2, -0.15) is 5.26 Å². The van der Waals surface area contributed by atoms with Crippen LogP contribution in [-0.4, -0.2) is 27.8 Å². The monoisotopic (exact) mass is 290 g/mol. The molecule has 1 aliphatic rings. The highest BCUT2D eigenvalue weighted by Gasteiger charge is 2.23. The summed E-state index contributed by atoms with van der Waals surface area (Å²) in [5.74, 6) is -0.0769. The van der Waals surface area contributed by atoms with Crippen molar-refractivity contribution in [3.05, 3.63) is 12.2 Å². The molecule has 13 heavy (non-hydrogen) atoms. The van der Waals surface area contributed by atoms with Gasteiger partial charge in [-0.1, -0.05) is 29.2 Å². The van der Waals surface area contributed by atoms with Gasteiger partial charge in [-0.05, 0) is 12.0 Å². The highest BCUT2D eigenvalue weighted by Crippen LogP contribution is 2.22. The second-order valence-electron chi connectivity index (χ2n) is 3.06. The summed E-state index contributed by atoms with van der Waals surface area (Å²) < 4.78 is 0.476. The van der Waals surface area contributed by atoms with Crippen LogP contribution in [0.3, 0.4) is 0 Å². The molecule has 0 unspecified atom stereocenters. The van der Waals surface area contributed by atoms with Gasteiger partial charge in [-0.15, -0.1) is 0 Å². The Hall–Kier alpha value is -0.570. The van der Waals surface area contributed by atoms with Crippen LogP contribution in [0.25, 0.3) is 0 Å². The molecule has 0 aliphatic carbocycles. The number of nitrogens with zero attached hydrogens (tertiary/aromatic N) is 2. The highest BCUT2D eigenvalue weighted by atomic mass is 127. The third-order valence-electron chi connectivity index (χ3n) is 2.07. The number of amides is 1. The van der Waals surface area contributed by atoms with E-state index < -0.39 is 0 Å². The molecule has 1 aliphatic heterocycles. The van der Waals surface area contributed by atoms with E-state index in [-0.39, 0.29) is 12.3 Å². The predicted octanol–water partition coefficient (Wildman–Crippen LogP) is 1.49. The number of hydrogen-bond acceptors (Lipinski definition) is 2. The second kappa shape index (κ2) is 4.61. The van der Waals surface area contributed by atoms with Crippen LogP contribution < -0.4 is 0 Å². The van der Waals surface area contributed by atoms with Crippen molar-refractivity contribution in [3.63, 3.8) is 0 Å². The van der Waals surface area contributed by atoms with E-state index in [0.717, 1.165) is 18.5 Å². The summed E-state index contributed by atoms with van der Waals surface area (Å²) in [6, 6.07) is 1.87. The molecule has 3 nitrogen and oxygen atoms in total. The minimum absolute atomic E-state index is 0.0147. The first-order chi connectivity index (χ1) is 6.15. The van der Waals surface area contributed by atoms with Crippen LogP contribution in [0.15, 0.2) is 12.2 Å². The van der Waals surface area contributed by atoms with Gasteiger partial charge in [0.05, 0.1) is 6.07 Å². The standard InChI is InChI=1S/C9H11IN2O/c1-7-6-12(5-3-8(7)10)9(13)2-4-11/h8H,1-3,5-6H2/t8-/m1/s1. The molecule has 1 fully saturated rings. The molecule has 0 aromatic heterocycles. The molecule has 0 bridgehead atoms. The van der Waals surface area contributed by atoms with Crippen molar-refractivity contribution in [1.29, 1.82) is 5.26 Å². The van der Waals surface area contributed by atoms with E-state index in [1.165, 1.54) is 0 Å². The Bertz CT molecular complexity index is 269. The zero-order valence-corrected chi connectivity index (χ0v) is 9.45. The minimum atomic E-state index is -0.0769. The fraction of sp³-hybridized carbons (Fsp3) is 0.556. The van der Waals surface area contributed by atoms with Crippen LogP contribution in [0.4, 0.5) is 0 Å². The average Bonchev–Trinajstić information content (AvgIpc) is 2.10. The second-order valence-corrected chi connectivity index (χ2v) is 4.57. The van der Waals surface area contributed by atoms with Gasteiger partial charge in [-0.3, -0.25) is 4.79 Å². The molecule has 0 N–H and O–H groups in total. The minimum Gasteiger partial charge on any atom is -0.338 e. The number of rotatable bonds is 1. The summed E-state index contributed by atoms with van der Waals surface area (Å²) in [5.41, 5.74) is 1.08. The SMILES string of the molecule is C=C1CN(C(=O)CC#N)CC[C@H]1I. The van der Waals surface area contributed by atoms with Crippen LogP contribution in [0.5, 0.6) is 0 Å². The number of alkyl halides is 1. The van der Waals surface area contributed by atoms with Gasteiger partial charge in [0.15, 0.2) is 0 Å². The molecule has 0 aromatic carbocycles. The number of hydrogen-bond donors (Lipinski definition) is 0. The summed E-state index contributed by atoms with van der Waals surface area (Å²) in [6.45, 7) is 5.28. The maximum atomic E-state index is 11.3. The van der Waals surface area contributed by atoms with E-state index >= 15 is 0 Å². The van der Waals surface area contributed by atoms with Crippen molar-refractivity contribution >= 4 is 28.5 Å². The lowest BCUT2D eigenvalue weighted by Gasteiger charge is -2.30. The Morgan fingerprint density at radius 3 is 3.08 bits per heavy atom. The van der Waals surface area contributed by atoms with E-state index in [1.54, 1.807) is 4.90 Å². The van der Waals surface area contributed by atoms with Crippen LogP contribution in [-0.2, 0) is 4.79 Å². The Balaban J connectivity index is 2.51. The lowest BCUT2D eigenvalue weighted by Crippen LogP contribution is -2.39. The Morgan fingerprint density at radius 2 is 2.54 bits per heavy atom. The zero-order valence-electron chi connectivity index (χ0n) is 7.29. The summed E-state index contributed by atoms with van der Waals surface area (Å²) in [4.78, 5) is 13.0. The molecule has 1 saturated heterocycles. The van der Waals surface area contributed by atoms with Crippen LogP contribution >= 0.6 is 22.6 Å². The third kappa shape index (κ3) is 2.69. The van der Waals surface area contributed by atoms with Crippen molar-refractivity contribution in [1.82, 2.24) is 4.90 Å². The number of likely N-dealkylation sites (tertiary alicyclic amines) is 1. The van der Waals surface area contributed by atoms with Crippen molar-refractivity contribution < 1.29 is 4.79 Å². The molecule has 1 amide bonds. The first kappa shape index (κ1) is 10.5. The van der Waals surface area contributed by atoms with Crippen molar-refractivity contribution in [2.75, 3.05) is 13.1 Å². The number of carbonyl (C=O) groups is 1. The van der Waals surface area contributed by atoms with Crippen molar-refractivity contribution in [3.8, 4) is 6.07 Å². The molecular formula is C9H11IN2O. The molecule has 1 rings (SSSR count). The average molecular weight is 290 g/mol. The lowest BCUT2D eigenvalue weighted by molar-refractivity contribution is -0.130. The van der Waals surface area contributed by atoms with Crippen molar-refractivity contribution in [2.45, 2.75) is 16.8 Å². The van der Waals surface area contributed by atoms with E-state index in [2.05, 4.69) is 29.2 Å². The van der Waals surface area contributed by atoms with E-state index in [9.17, 15) is 4.79 Å². The van der Waals surface area contributed by atoms with E-state index in [4.69, 9.17) is 5.26 Å². The maximum absolute atomic E-state index is 11.3. The lowest BCUT2D eigenvalue weighted by atomic mass is 10.1. The molecule has 0 aromatic rings. The summed E-state index contributed by atoms with van der Waals surface area (Å²) in [6.07, 6.45) is 0.940. The highest BCUT2D eigenvalue weighted by molar-refractivity contribution is 14.1. The summed E-state index contributed by atoms with van der Waals surface area (Å²) in [7, 11) is 0. The third-order valence-corrected chi connectivity index (χ3v) is 3.58. The molecule has 0 spiro atoms. The Morgan fingerprint density at radius 1 is 1.85 bits per heavy atom. The summed E-state index contributed by atoms with van der Waals surface area (Å²) >= 11 is 2.34. The van der Waals surface area contributed by atoms with E-state index in [0.29, 0.717) is 10.5 Å². The molecule has 70 valence electrons. The molecule has 4 heteroatoms. The number of halogens is 1. The molecule has 1 heterocycles. The Labute approximate surface area is 91.5 Å². The topological polar surface area (TPSA) is 44.1 Å². The summed E-state index contributed by atoms with van der Waals surface area (Å²) in [5, 5.41) is 8.36. The van der Waals surface area contributed by atoms with Gasteiger partial charge < -0.3 is 4.90 Å². The molecular weight excluding hydrogens is 279 g/mol. The smallest absolute Gasteiger partial charge is 0.237 e. The fourth-order valence-corrected chi connectivity index (χ4v) is 1.76. The zero-order chi connectivity index (χ0) is 9.84. The first-order valence-corrected chi connectivity index (χ1v) is 5.36. The normalized spacial score (nSPS) is 22.6. The van der Waals surface area contributed by atoms with Gasteiger partial charge in [0.2, 0.25) is 5.91 Å².